The van der Waals surface area contributed by atoms with Gasteiger partial charge in [0.1, 0.15) is 12.7 Å². The molecule has 2 aliphatic heterocycles. The van der Waals surface area contributed by atoms with Crippen LogP contribution in [0, 0.1) is 28.6 Å². The third-order valence-corrected chi connectivity index (χ3v) is 12.9. The number of aliphatic imine (C=N–C) groups is 1. The summed E-state index contributed by atoms with van der Waals surface area (Å²) in [7, 11) is 0. The highest BCUT2D eigenvalue weighted by Gasteiger charge is 2.71. The molecule has 1 aromatic rings. The molecule has 4 aliphatic carbocycles. The van der Waals surface area contributed by atoms with Gasteiger partial charge in [0, 0.05) is 42.2 Å². The molecule has 10 nitrogen and oxygen atoms in total. The average molecular weight is 625 g/mol. The van der Waals surface area contributed by atoms with Gasteiger partial charge in [0.05, 0.1) is 41.8 Å². The number of aromatic nitrogens is 1. The zero-order chi connectivity index (χ0) is 31.6. The highest BCUT2D eigenvalue weighted by Crippen LogP contribution is 2.70. The molecule has 246 valence electrons. The first kappa shape index (κ1) is 31.4. The van der Waals surface area contributed by atoms with Gasteiger partial charge in [-0.15, -0.1) is 0 Å². The lowest BCUT2D eigenvalue weighted by atomic mass is 9.41. The Morgan fingerprint density at radius 1 is 1.09 bits per heavy atom. The summed E-state index contributed by atoms with van der Waals surface area (Å²) in [5.74, 6) is -0.181. The van der Waals surface area contributed by atoms with Gasteiger partial charge in [-0.25, -0.2) is 4.79 Å². The van der Waals surface area contributed by atoms with E-state index in [1.54, 1.807) is 19.2 Å². The van der Waals surface area contributed by atoms with E-state index in [1.165, 1.54) is 0 Å². The van der Waals surface area contributed by atoms with Crippen molar-refractivity contribution in [1.82, 2.24) is 4.98 Å². The molecule has 45 heavy (non-hydrogen) atoms. The van der Waals surface area contributed by atoms with E-state index >= 15 is 0 Å². The van der Waals surface area contributed by atoms with Gasteiger partial charge in [0.25, 0.3) is 0 Å². The van der Waals surface area contributed by atoms with Crippen LogP contribution in [0.15, 0.2) is 41.0 Å². The van der Waals surface area contributed by atoms with Crippen molar-refractivity contribution >= 4 is 12.2 Å². The van der Waals surface area contributed by atoms with Gasteiger partial charge >= 0.3 is 5.97 Å². The Kier molecular flexibility index (Phi) is 8.02. The Labute approximate surface area is 264 Å². The van der Waals surface area contributed by atoms with Crippen LogP contribution in [-0.4, -0.2) is 86.1 Å². The topological polar surface area (TPSA) is 151 Å². The number of aliphatic hydroxyl groups is 4. The van der Waals surface area contributed by atoms with Crippen molar-refractivity contribution in [2.24, 2.45) is 33.6 Å². The number of ether oxygens (including phenoxy) is 3. The second kappa shape index (κ2) is 11.5. The Hall–Kier alpha value is -2.21. The van der Waals surface area contributed by atoms with Crippen LogP contribution >= 0.6 is 0 Å². The Bertz CT molecular complexity index is 1330. The van der Waals surface area contributed by atoms with Gasteiger partial charge in [-0.3, -0.25) is 9.98 Å². The maximum atomic E-state index is 12.7. The van der Waals surface area contributed by atoms with Crippen LogP contribution in [0.25, 0.3) is 0 Å². The normalized spacial score (nSPS) is 48.0. The zero-order valence-corrected chi connectivity index (χ0v) is 26.4. The molecule has 1 aromatic heterocycles. The van der Waals surface area contributed by atoms with Crippen molar-refractivity contribution in [3.8, 4) is 0 Å². The Morgan fingerprint density at radius 2 is 1.91 bits per heavy atom. The summed E-state index contributed by atoms with van der Waals surface area (Å²) in [6, 6.07) is 5.78. The molecule has 1 saturated heterocycles. The van der Waals surface area contributed by atoms with Crippen molar-refractivity contribution in [2.45, 2.75) is 127 Å². The first-order valence-electron chi connectivity index (χ1n) is 16.9. The van der Waals surface area contributed by atoms with E-state index in [-0.39, 0.29) is 41.7 Å². The van der Waals surface area contributed by atoms with E-state index in [0.717, 1.165) is 30.5 Å². The number of aliphatic hydroxyl groups excluding tert-OH is 2. The standard InChI is InChI=1S/C35H48N2O8/c1-21-31(40)28(38)16-30(44-21)45-24-6-11-33(20-36-18-23-5-3-4-14-37-23)26-7-10-32(2)25(22-15-29(39)43-19-22)9-13-35(32,42)27(26)8-12-34(33,41)17-24/h3-5,14-15,20-21,24-28,30-31,38,40-42H,6-13,16-19H2,1-2H3/t21-,24-,25-,26+,27+,28+,30-,31-,32-,33+,34-,35-/m0/s1. The first-order chi connectivity index (χ1) is 21.5. The molecule has 5 fully saturated rings. The van der Waals surface area contributed by atoms with Crippen LogP contribution < -0.4 is 0 Å². The highest BCUT2D eigenvalue weighted by atomic mass is 16.7. The van der Waals surface area contributed by atoms with Crippen molar-refractivity contribution in [3.63, 3.8) is 0 Å². The molecular weight excluding hydrogens is 576 g/mol. The van der Waals surface area contributed by atoms with E-state index < -0.39 is 41.2 Å². The number of cyclic esters (lactones) is 1. The van der Waals surface area contributed by atoms with Gasteiger partial charge < -0.3 is 34.6 Å². The molecule has 4 N–H and O–H groups in total. The molecule has 7 rings (SSSR count). The van der Waals surface area contributed by atoms with Crippen molar-refractivity contribution < 1.29 is 39.4 Å². The second-order valence-corrected chi connectivity index (χ2v) is 15.0. The molecule has 3 heterocycles. The second-order valence-electron chi connectivity index (χ2n) is 15.0. The number of hydrogen-bond donors (Lipinski definition) is 4. The predicted molar refractivity (Wildman–Crippen MR) is 164 cm³/mol. The highest BCUT2D eigenvalue weighted by molar-refractivity contribution is 5.85. The third-order valence-electron chi connectivity index (χ3n) is 12.9. The smallest absolute Gasteiger partial charge is 0.331 e. The lowest BCUT2D eigenvalue weighted by Gasteiger charge is -2.66. The molecule has 10 heteroatoms. The monoisotopic (exact) mass is 624 g/mol. The maximum Gasteiger partial charge on any atom is 0.331 e. The molecule has 6 aliphatic rings. The molecule has 0 amide bonds. The first-order valence-corrected chi connectivity index (χ1v) is 16.9. The van der Waals surface area contributed by atoms with Crippen LogP contribution in [0.2, 0.25) is 0 Å². The average Bonchev–Trinajstić information content (AvgIpc) is 3.56. The van der Waals surface area contributed by atoms with E-state index in [1.807, 2.05) is 24.4 Å². The quantitative estimate of drug-likeness (QED) is 0.212. The Morgan fingerprint density at radius 3 is 2.64 bits per heavy atom. The largest absolute Gasteiger partial charge is 0.458 e. The number of nitrogens with zero attached hydrogens (tertiary/aromatic N) is 2. The molecule has 0 radical (unpaired) electrons. The summed E-state index contributed by atoms with van der Waals surface area (Å²) in [6.07, 6.45) is 8.31. The van der Waals surface area contributed by atoms with Gasteiger partial charge in [-0.1, -0.05) is 13.0 Å². The van der Waals surface area contributed by atoms with Gasteiger partial charge in [0.2, 0.25) is 0 Å². The van der Waals surface area contributed by atoms with Crippen molar-refractivity contribution in [1.29, 1.82) is 0 Å². The molecule has 12 atom stereocenters. The summed E-state index contributed by atoms with van der Waals surface area (Å²) in [4.78, 5) is 21.4. The van der Waals surface area contributed by atoms with Crippen molar-refractivity contribution in [2.75, 3.05) is 6.61 Å². The summed E-state index contributed by atoms with van der Waals surface area (Å²) in [5.41, 5.74) is -1.19. The number of carbonyl (C=O) groups excluding carboxylic acids is 1. The lowest BCUT2D eigenvalue weighted by molar-refractivity contribution is -0.282. The van der Waals surface area contributed by atoms with Crippen LogP contribution in [0.5, 0.6) is 0 Å². The minimum atomic E-state index is -1.10. The fourth-order valence-electron chi connectivity index (χ4n) is 10.6. The molecule has 0 bridgehead atoms. The van der Waals surface area contributed by atoms with Gasteiger partial charge in [-0.05, 0) is 93.7 Å². The fourth-order valence-corrected chi connectivity index (χ4v) is 10.6. The van der Waals surface area contributed by atoms with Gasteiger partial charge in [-0.2, -0.15) is 0 Å². The number of rotatable bonds is 6. The van der Waals surface area contributed by atoms with E-state index in [9.17, 15) is 25.2 Å². The maximum absolute atomic E-state index is 12.7. The fraction of sp³-hybridized carbons (Fsp3) is 0.743. The third kappa shape index (κ3) is 5.02. The molecular formula is C35H48N2O8. The SMILES string of the molecule is C[C@@H]1O[C@@H](O[C@H]2CC[C@@]3(C=NCc4ccccn4)[C@@H]4CC[C@@]5(C)[C@H](C6=CC(=O)OC6)CC[C@]5(O)[C@@H]4CC[C@]3(O)C2)C[C@@H](O)[C@H]1O. The van der Waals surface area contributed by atoms with Crippen LogP contribution in [-0.2, 0) is 25.5 Å². The van der Waals surface area contributed by atoms with Crippen LogP contribution in [0.3, 0.4) is 0 Å². The minimum absolute atomic E-state index is 0.0157. The number of carbonyl (C=O) groups is 1. The number of esters is 1. The van der Waals surface area contributed by atoms with E-state index in [2.05, 4.69) is 11.9 Å². The summed E-state index contributed by atoms with van der Waals surface area (Å²) in [5, 5.41) is 45.9. The van der Waals surface area contributed by atoms with Crippen LogP contribution in [0.4, 0.5) is 0 Å². The zero-order valence-electron chi connectivity index (χ0n) is 26.4. The Balaban J connectivity index is 1.17. The van der Waals surface area contributed by atoms with Crippen LogP contribution in [0.1, 0.15) is 83.7 Å². The predicted octanol–water partition coefficient (Wildman–Crippen LogP) is 3.25. The number of fused-ring (bicyclic) bond motifs is 5. The van der Waals surface area contributed by atoms with E-state index in [4.69, 9.17) is 19.2 Å². The number of hydrogen-bond acceptors (Lipinski definition) is 10. The minimum Gasteiger partial charge on any atom is -0.458 e. The molecule has 0 spiro atoms. The summed E-state index contributed by atoms with van der Waals surface area (Å²) < 4.78 is 17.5. The lowest BCUT2D eigenvalue weighted by Crippen LogP contribution is -2.69. The summed E-state index contributed by atoms with van der Waals surface area (Å²) >= 11 is 0. The van der Waals surface area contributed by atoms with Crippen molar-refractivity contribution in [3.05, 3.63) is 41.7 Å². The molecule has 0 aromatic carbocycles. The summed E-state index contributed by atoms with van der Waals surface area (Å²) in [6.45, 7) is 4.66. The molecule has 0 unspecified atom stereocenters. The molecule has 4 saturated carbocycles. The van der Waals surface area contributed by atoms with E-state index in [0.29, 0.717) is 51.7 Å². The number of pyridine rings is 1. The van der Waals surface area contributed by atoms with Gasteiger partial charge in [0.15, 0.2) is 6.29 Å².